The van der Waals surface area contributed by atoms with Gasteiger partial charge in [-0.2, -0.15) is 4.31 Å². The third-order valence-electron chi connectivity index (χ3n) is 5.51. The van der Waals surface area contributed by atoms with Crippen molar-refractivity contribution in [3.8, 4) is 11.3 Å². The molecule has 1 saturated heterocycles. The summed E-state index contributed by atoms with van der Waals surface area (Å²) < 4.78 is 27.2. The second-order valence-corrected chi connectivity index (χ2v) is 9.81. The fraction of sp³-hybridized carbons (Fsp3) is 0.304. The van der Waals surface area contributed by atoms with Crippen LogP contribution in [-0.2, 0) is 16.6 Å². The topological polar surface area (TPSA) is 78.4 Å². The highest BCUT2D eigenvalue weighted by Gasteiger charge is 2.27. The van der Waals surface area contributed by atoms with E-state index in [0.717, 1.165) is 29.9 Å². The minimum atomic E-state index is -3.44. The van der Waals surface area contributed by atoms with Gasteiger partial charge in [0.05, 0.1) is 10.6 Å². The van der Waals surface area contributed by atoms with Crippen LogP contribution in [0.5, 0.6) is 0 Å². The zero-order valence-corrected chi connectivity index (χ0v) is 18.6. The summed E-state index contributed by atoms with van der Waals surface area (Å²) in [6.07, 6.45) is 0. The van der Waals surface area contributed by atoms with Crippen LogP contribution >= 0.6 is 0 Å². The van der Waals surface area contributed by atoms with Crippen molar-refractivity contribution in [1.82, 2.24) is 19.4 Å². The average Bonchev–Trinajstić information content (AvgIpc) is 2.79. The molecule has 1 N–H and O–H groups in total. The predicted octanol–water partition coefficient (Wildman–Crippen LogP) is 3.00. The van der Waals surface area contributed by atoms with Crippen molar-refractivity contribution in [3.63, 3.8) is 0 Å². The van der Waals surface area contributed by atoms with E-state index in [-0.39, 0.29) is 0 Å². The molecular formula is C23H27N5O2S. The molecule has 1 aliphatic rings. The maximum atomic E-state index is 12.8. The van der Waals surface area contributed by atoms with E-state index in [2.05, 4.69) is 39.5 Å². The molecule has 2 aromatic carbocycles. The van der Waals surface area contributed by atoms with Crippen LogP contribution in [0.4, 0.5) is 5.82 Å². The number of nitrogens with one attached hydrogen (secondary N) is 1. The van der Waals surface area contributed by atoms with E-state index < -0.39 is 10.0 Å². The molecule has 0 bridgehead atoms. The highest BCUT2D eigenvalue weighted by Crippen LogP contribution is 2.20. The Labute approximate surface area is 183 Å². The summed E-state index contributed by atoms with van der Waals surface area (Å²) in [6.45, 7) is 5.15. The second-order valence-electron chi connectivity index (χ2n) is 7.87. The van der Waals surface area contributed by atoms with Crippen molar-refractivity contribution in [3.05, 3.63) is 71.8 Å². The lowest BCUT2D eigenvalue weighted by atomic mass is 10.1. The van der Waals surface area contributed by atoms with Gasteiger partial charge in [0.15, 0.2) is 0 Å². The molecule has 1 aromatic heterocycles. The average molecular weight is 438 g/mol. The van der Waals surface area contributed by atoms with Crippen LogP contribution in [0, 0.1) is 6.92 Å². The lowest BCUT2D eigenvalue weighted by molar-refractivity contribution is 0.222. The Hall–Kier alpha value is -2.81. The monoisotopic (exact) mass is 437 g/mol. The number of hydrogen-bond donors (Lipinski definition) is 1. The number of likely N-dealkylation sites (N-methyl/N-ethyl adjacent to an activating group) is 1. The Kier molecular flexibility index (Phi) is 6.31. The van der Waals surface area contributed by atoms with E-state index in [1.54, 1.807) is 16.4 Å². The van der Waals surface area contributed by atoms with Gasteiger partial charge in [-0.15, -0.1) is 10.2 Å². The number of anilines is 1. The summed E-state index contributed by atoms with van der Waals surface area (Å²) in [5, 5.41) is 11.8. The fourth-order valence-electron chi connectivity index (χ4n) is 3.45. The molecule has 0 atom stereocenters. The molecule has 1 aliphatic heterocycles. The van der Waals surface area contributed by atoms with Crippen LogP contribution < -0.4 is 5.32 Å². The molecule has 2 heterocycles. The maximum Gasteiger partial charge on any atom is 0.243 e. The number of rotatable bonds is 6. The van der Waals surface area contributed by atoms with Gasteiger partial charge in [0.1, 0.15) is 5.82 Å². The van der Waals surface area contributed by atoms with E-state index in [1.807, 2.05) is 43.4 Å². The summed E-state index contributed by atoms with van der Waals surface area (Å²) >= 11 is 0. The fourth-order valence-corrected chi connectivity index (χ4v) is 4.88. The van der Waals surface area contributed by atoms with E-state index in [1.165, 1.54) is 5.56 Å². The van der Waals surface area contributed by atoms with Crippen molar-refractivity contribution >= 4 is 15.8 Å². The van der Waals surface area contributed by atoms with Crippen molar-refractivity contribution in [2.45, 2.75) is 18.4 Å². The Bertz CT molecular complexity index is 1110. The van der Waals surface area contributed by atoms with Gasteiger partial charge in [0.2, 0.25) is 10.0 Å². The molecule has 0 amide bonds. The predicted molar refractivity (Wildman–Crippen MR) is 122 cm³/mol. The normalized spacial score (nSPS) is 15.7. The van der Waals surface area contributed by atoms with Gasteiger partial charge in [-0.05, 0) is 43.8 Å². The van der Waals surface area contributed by atoms with Crippen LogP contribution in [0.15, 0.2) is 65.6 Å². The molecule has 4 rings (SSSR count). The first-order valence-electron chi connectivity index (χ1n) is 10.3. The number of piperazine rings is 1. The van der Waals surface area contributed by atoms with Gasteiger partial charge in [0.25, 0.3) is 0 Å². The molecule has 0 radical (unpaired) electrons. The highest BCUT2D eigenvalue weighted by molar-refractivity contribution is 7.89. The smallest absolute Gasteiger partial charge is 0.243 e. The van der Waals surface area contributed by atoms with Crippen molar-refractivity contribution < 1.29 is 8.42 Å². The number of benzene rings is 2. The van der Waals surface area contributed by atoms with E-state index in [4.69, 9.17) is 0 Å². The first-order valence-corrected chi connectivity index (χ1v) is 11.8. The van der Waals surface area contributed by atoms with Crippen LogP contribution in [0.2, 0.25) is 0 Å². The number of sulfonamides is 1. The molecule has 0 spiro atoms. The number of aryl methyl sites for hydroxylation is 1. The molecule has 7 nitrogen and oxygen atoms in total. The van der Waals surface area contributed by atoms with Crippen molar-refractivity contribution in [1.29, 1.82) is 0 Å². The molecule has 8 heteroatoms. The van der Waals surface area contributed by atoms with Crippen LogP contribution in [-0.4, -0.2) is 61.0 Å². The van der Waals surface area contributed by atoms with Gasteiger partial charge >= 0.3 is 0 Å². The summed E-state index contributed by atoms with van der Waals surface area (Å²) in [4.78, 5) is 2.47. The first kappa shape index (κ1) is 21.4. The lowest BCUT2D eigenvalue weighted by Gasteiger charge is -2.31. The second kappa shape index (κ2) is 9.13. The largest absolute Gasteiger partial charge is 0.365 e. The molecule has 1 fully saturated rings. The quantitative estimate of drug-likeness (QED) is 0.639. The first-order chi connectivity index (χ1) is 14.9. The zero-order chi connectivity index (χ0) is 21.8. The summed E-state index contributed by atoms with van der Waals surface area (Å²) in [6, 6.07) is 19.0. The highest BCUT2D eigenvalue weighted by atomic mass is 32.2. The van der Waals surface area contributed by atoms with Crippen molar-refractivity contribution in [2.24, 2.45) is 0 Å². The SMILES string of the molecule is Cc1ccc(-c2ccc(NCc3ccc(S(=O)(=O)N4CCN(C)CC4)cc3)nn2)cc1. The summed E-state index contributed by atoms with van der Waals surface area (Å²) in [5.74, 6) is 0.671. The Balaban J connectivity index is 1.36. The molecule has 0 saturated carbocycles. The summed E-state index contributed by atoms with van der Waals surface area (Å²) in [7, 11) is -1.43. The minimum Gasteiger partial charge on any atom is -0.365 e. The zero-order valence-electron chi connectivity index (χ0n) is 17.8. The molecule has 162 valence electrons. The minimum absolute atomic E-state index is 0.336. The number of aromatic nitrogens is 2. The molecule has 3 aromatic rings. The van der Waals surface area contributed by atoms with Crippen LogP contribution in [0.1, 0.15) is 11.1 Å². The van der Waals surface area contributed by atoms with Crippen LogP contribution in [0.3, 0.4) is 0 Å². The third-order valence-corrected chi connectivity index (χ3v) is 7.42. The van der Waals surface area contributed by atoms with Crippen molar-refractivity contribution in [2.75, 3.05) is 38.5 Å². The van der Waals surface area contributed by atoms with E-state index in [0.29, 0.717) is 30.3 Å². The Morgan fingerprint density at radius 3 is 2.16 bits per heavy atom. The van der Waals surface area contributed by atoms with Gasteiger partial charge in [-0.25, -0.2) is 8.42 Å². The Morgan fingerprint density at radius 1 is 0.871 bits per heavy atom. The molecule has 31 heavy (non-hydrogen) atoms. The number of nitrogens with zero attached hydrogens (tertiary/aromatic N) is 4. The van der Waals surface area contributed by atoms with Gasteiger partial charge in [-0.1, -0.05) is 42.0 Å². The van der Waals surface area contributed by atoms with Crippen LogP contribution in [0.25, 0.3) is 11.3 Å². The van der Waals surface area contributed by atoms with E-state index >= 15 is 0 Å². The summed E-state index contributed by atoms with van der Waals surface area (Å²) in [5.41, 5.74) is 4.03. The molecular weight excluding hydrogens is 410 g/mol. The Morgan fingerprint density at radius 2 is 1.55 bits per heavy atom. The van der Waals surface area contributed by atoms with Gasteiger partial charge < -0.3 is 10.2 Å². The van der Waals surface area contributed by atoms with Gasteiger partial charge in [0, 0.05) is 38.3 Å². The van der Waals surface area contributed by atoms with Gasteiger partial charge in [-0.3, -0.25) is 0 Å². The molecule has 0 unspecified atom stereocenters. The lowest BCUT2D eigenvalue weighted by Crippen LogP contribution is -2.46. The van der Waals surface area contributed by atoms with E-state index in [9.17, 15) is 8.42 Å². The number of hydrogen-bond acceptors (Lipinski definition) is 6. The maximum absolute atomic E-state index is 12.8. The standard InChI is InChI=1S/C23H27N5O2S/c1-18-3-7-20(8-4-18)22-11-12-23(26-25-22)24-17-19-5-9-21(10-6-19)31(29,30)28-15-13-27(2)14-16-28/h3-12H,13-17H2,1-2H3,(H,24,26). The molecule has 0 aliphatic carbocycles. The third kappa shape index (κ3) is 5.10.